The lowest BCUT2D eigenvalue weighted by molar-refractivity contribution is -0.127. The molecule has 0 saturated carbocycles. The fourth-order valence-electron chi connectivity index (χ4n) is 2.95. The fraction of sp³-hybridized carbons (Fsp3) is 0.263. The van der Waals surface area contributed by atoms with Crippen molar-refractivity contribution >= 4 is 41.5 Å². The third-order valence-electron chi connectivity index (χ3n) is 4.28. The Morgan fingerprint density at radius 1 is 1.23 bits per heavy atom. The lowest BCUT2D eigenvalue weighted by Crippen LogP contribution is -2.49. The summed E-state index contributed by atoms with van der Waals surface area (Å²) in [6.45, 7) is 0.540. The Morgan fingerprint density at radius 3 is 2.65 bits per heavy atom. The monoisotopic (exact) mass is 393 g/mol. The highest BCUT2D eigenvalue weighted by atomic mass is 35.5. The summed E-state index contributed by atoms with van der Waals surface area (Å²) in [7, 11) is 0. The predicted molar refractivity (Wildman–Crippen MR) is 106 cm³/mol. The molecule has 0 radical (unpaired) electrons. The Hall–Kier alpha value is -2.08. The van der Waals surface area contributed by atoms with Gasteiger partial charge in [0.15, 0.2) is 0 Å². The van der Waals surface area contributed by atoms with E-state index < -0.39 is 12.1 Å². The highest BCUT2D eigenvalue weighted by Gasteiger charge is 2.34. The van der Waals surface area contributed by atoms with Crippen molar-refractivity contribution in [2.24, 2.45) is 5.73 Å². The van der Waals surface area contributed by atoms with Crippen molar-refractivity contribution in [3.63, 3.8) is 0 Å². The number of hydrogen-bond acceptors (Lipinski definition) is 3. The first-order valence-corrected chi connectivity index (χ1v) is 8.59. The molecule has 1 aliphatic rings. The number of anilines is 1. The van der Waals surface area contributed by atoms with E-state index in [9.17, 15) is 9.59 Å². The summed E-state index contributed by atoms with van der Waals surface area (Å²) in [6, 6.07) is 15.5. The van der Waals surface area contributed by atoms with Crippen molar-refractivity contribution in [3.05, 3.63) is 65.2 Å². The van der Waals surface area contributed by atoms with E-state index in [2.05, 4.69) is 5.32 Å². The molecule has 2 aromatic carbocycles. The summed E-state index contributed by atoms with van der Waals surface area (Å²) < 4.78 is 0. The molecule has 1 aliphatic heterocycles. The predicted octanol–water partition coefficient (Wildman–Crippen LogP) is 2.55. The molecule has 2 amide bonds. The largest absolute Gasteiger partial charge is 0.343 e. The average Bonchev–Trinajstić information content (AvgIpc) is 2.96. The van der Waals surface area contributed by atoms with Crippen molar-refractivity contribution < 1.29 is 9.59 Å². The summed E-state index contributed by atoms with van der Waals surface area (Å²) in [5, 5.41) is 3.35. The highest BCUT2D eigenvalue weighted by Crippen LogP contribution is 2.24. The Balaban J connectivity index is 0.00000243. The SMILES string of the molecule is Cl.N[C@@H](Cc1ccccc1)C(=O)NC1CCN(c2cccc(Cl)c2)C1=O. The Morgan fingerprint density at radius 2 is 1.96 bits per heavy atom. The molecule has 5 nitrogen and oxygen atoms in total. The quantitative estimate of drug-likeness (QED) is 0.819. The molecule has 1 heterocycles. The topological polar surface area (TPSA) is 75.4 Å². The summed E-state index contributed by atoms with van der Waals surface area (Å²) in [6.07, 6.45) is 0.987. The van der Waals surface area contributed by atoms with Gasteiger partial charge >= 0.3 is 0 Å². The molecule has 7 heteroatoms. The second kappa shape index (κ2) is 9.03. The minimum atomic E-state index is -0.685. The van der Waals surface area contributed by atoms with Gasteiger partial charge in [-0.1, -0.05) is 48.0 Å². The molecular weight excluding hydrogens is 373 g/mol. The molecule has 3 N–H and O–H groups in total. The number of carbonyl (C=O) groups excluding carboxylic acids is 2. The maximum Gasteiger partial charge on any atom is 0.249 e. The first-order valence-electron chi connectivity index (χ1n) is 8.21. The van der Waals surface area contributed by atoms with Crippen LogP contribution in [-0.4, -0.2) is 30.4 Å². The minimum absolute atomic E-state index is 0. The molecule has 3 rings (SSSR count). The zero-order valence-corrected chi connectivity index (χ0v) is 15.7. The lowest BCUT2D eigenvalue weighted by Gasteiger charge is -2.19. The van der Waals surface area contributed by atoms with Crippen LogP contribution < -0.4 is 16.0 Å². The number of nitrogens with zero attached hydrogens (tertiary/aromatic N) is 1. The molecule has 26 heavy (non-hydrogen) atoms. The summed E-state index contributed by atoms with van der Waals surface area (Å²) in [4.78, 5) is 26.5. The van der Waals surface area contributed by atoms with Gasteiger partial charge in [0.2, 0.25) is 11.8 Å². The third kappa shape index (κ3) is 4.75. The number of nitrogens with two attached hydrogens (primary N) is 1. The standard InChI is InChI=1S/C19H20ClN3O2.ClH/c20-14-7-4-8-15(12-14)23-10-9-17(19(23)25)22-18(24)16(21)11-13-5-2-1-3-6-13;/h1-8,12,16-17H,9-11,21H2,(H,22,24);1H/t16-,17?;/m0./s1. The van der Waals surface area contributed by atoms with E-state index in [1.54, 1.807) is 23.1 Å². The van der Waals surface area contributed by atoms with Crippen LogP contribution in [0.15, 0.2) is 54.6 Å². The van der Waals surface area contributed by atoms with Gasteiger partial charge in [0.1, 0.15) is 6.04 Å². The number of carbonyl (C=O) groups is 2. The van der Waals surface area contributed by atoms with E-state index in [4.69, 9.17) is 17.3 Å². The second-order valence-corrected chi connectivity index (χ2v) is 6.55. The van der Waals surface area contributed by atoms with Gasteiger partial charge in [-0.05, 0) is 36.6 Å². The van der Waals surface area contributed by atoms with Gasteiger partial charge in [0.25, 0.3) is 0 Å². The van der Waals surface area contributed by atoms with E-state index in [-0.39, 0.29) is 24.2 Å². The molecule has 1 saturated heterocycles. The molecule has 1 unspecified atom stereocenters. The summed E-state index contributed by atoms with van der Waals surface area (Å²) >= 11 is 5.99. The van der Waals surface area contributed by atoms with Crippen molar-refractivity contribution in [1.29, 1.82) is 0 Å². The van der Waals surface area contributed by atoms with Crippen LogP contribution in [0.4, 0.5) is 5.69 Å². The van der Waals surface area contributed by atoms with Crippen LogP contribution in [0.5, 0.6) is 0 Å². The molecule has 0 aromatic heterocycles. The van der Waals surface area contributed by atoms with Crippen LogP contribution in [0.2, 0.25) is 5.02 Å². The third-order valence-corrected chi connectivity index (χ3v) is 4.51. The normalized spacial score (nSPS) is 17.5. The van der Waals surface area contributed by atoms with Gasteiger partial charge in [0.05, 0.1) is 6.04 Å². The zero-order valence-electron chi connectivity index (χ0n) is 14.1. The van der Waals surface area contributed by atoms with Gasteiger partial charge < -0.3 is 16.0 Å². The zero-order chi connectivity index (χ0) is 17.8. The first-order chi connectivity index (χ1) is 12.0. The molecule has 2 atom stereocenters. The number of halogens is 2. The highest BCUT2D eigenvalue weighted by molar-refractivity contribution is 6.31. The van der Waals surface area contributed by atoms with Crippen molar-refractivity contribution in [2.75, 3.05) is 11.4 Å². The second-order valence-electron chi connectivity index (χ2n) is 6.12. The number of benzene rings is 2. The van der Waals surface area contributed by atoms with E-state index >= 15 is 0 Å². The minimum Gasteiger partial charge on any atom is -0.343 e. The summed E-state index contributed by atoms with van der Waals surface area (Å²) in [5.41, 5.74) is 7.71. The van der Waals surface area contributed by atoms with Gasteiger partial charge in [-0.3, -0.25) is 9.59 Å². The lowest BCUT2D eigenvalue weighted by atomic mass is 10.1. The number of hydrogen-bond donors (Lipinski definition) is 2. The number of amides is 2. The van der Waals surface area contributed by atoms with Crippen molar-refractivity contribution in [2.45, 2.75) is 24.9 Å². The first kappa shape index (κ1) is 20.2. The molecule has 0 bridgehead atoms. The van der Waals surface area contributed by atoms with Gasteiger partial charge in [-0.25, -0.2) is 0 Å². The average molecular weight is 394 g/mol. The smallest absolute Gasteiger partial charge is 0.249 e. The van der Waals surface area contributed by atoms with Gasteiger partial charge in [-0.2, -0.15) is 0 Å². The summed E-state index contributed by atoms with van der Waals surface area (Å²) in [5.74, 6) is -0.447. The number of nitrogens with one attached hydrogen (secondary N) is 1. The van der Waals surface area contributed by atoms with Gasteiger partial charge in [-0.15, -0.1) is 12.4 Å². The number of rotatable bonds is 5. The van der Waals surface area contributed by atoms with Crippen molar-refractivity contribution in [3.8, 4) is 0 Å². The fourth-order valence-corrected chi connectivity index (χ4v) is 3.14. The Kier molecular flexibility index (Phi) is 7.03. The van der Waals surface area contributed by atoms with Crippen LogP contribution >= 0.6 is 24.0 Å². The van der Waals surface area contributed by atoms with Crippen LogP contribution in [0.25, 0.3) is 0 Å². The van der Waals surface area contributed by atoms with Crippen LogP contribution in [-0.2, 0) is 16.0 Å². The van der Waals surface area contributed by atoms with E-state index in [1.807, 2.05) is 36.4 Å². The van der Waals surface area contributed by atoms with E-state index in [0.29, 0.717) is 24.4 Å². The van der Waals surface area contributed by atoms with Gasteiger partial charge in [0, 0.05) is 17.3 Å². The molecule has 2 aromatic rings. The molecular formula is C19H21Cl2N3O2. The molecule has 0 spiro atoms. The maximum atomic E-state index is 12.6. The van der Waals surface area contributed by atoms with Crippen LogP contribution in [0, 0.1) is 0 Å². The molecule has 1 fully saturated rings. The maximum absolute atomic E-state index is 12.6. The Bertz CT molecular complexity index is 770. The van der Waals surface area contributed by atoms with Crippen molar-refractivity contribution in [1.82, 2.24) is 5.32 Å². The van der Waals surface area contributed by atoms with Crippen LogP contribution in [0.3, 0.4) is 0 Å². The van der Waals surface area contributed by atoms with E-state index in [0.717, 1.165) is 11.3 Å². The molecule has 138 valence electrons. The van der Waals surface area contributed by atoms with Crippen LogP contribution in [0.1, 0.15) is 12.0 Å². The van der Waals surface area contributed by atoms with E-state index in [1.165, 1.54) is 0 Å². The Labute approximate surface area is 163 Å². The molecule has 0 aliphatic carbocycles.